The van der Waals surface area contributed by atoms with E-state index in [9.17, 15) is 9.90 Å². The number of anilines is 1. The summed E-state index contributed by atoms with van der Waals surface area (Å²) < 4.78 is 5.04. The van der Waals surface area contributed by atoms with E-state index in [0.717, 1.165) is 11.3 Å². The maximum Gasteiger partial charge on any atom is 0.354 e. The van der Waals surface area contributed by atoms with Crippen molar-refractivity contribution in [1.82, 2.24) is 9.97 Å². The van der Waals surface area contributed by atoms with Crippen molar-refractivity contribution in [1.29, 1.82) is 0 Å². The summed E-state index contributed by atoms with van der Waals surface area (Å²) in [6.45, 7) is 1.22. The number of methoxy groups -OCH3 is 1. The highest BCUT2D eigenvalue weighted by Crippen LogP contribution is 2.23. The predicted molar refractivity (Wildman–Crippen MR) is 79.6 cm³/mol. The molecule has 110 valence electrons. The molecule has 0 aliphatic rings. The molecule has 0 amide bonds. The first-order valence-electron chi connectivity index (χ1n) is 6.47. The number of nitrogens with zero attached hydrogens (tertiary/aromatic N) is 3. The third-order valence-electron chi connectivity index (χ3n) is 3.08. The molecule has 0 bridgehead atoms. The van der Waals surface area contributed by atoms with Crippen LogP contribution in [0.25, 0.3) is 11.3 Å². The standard InChI is InChI=1S/C15H17N3O3/c1-18(7-8-21-2)12-9-13(11-3-5-16-6-4-11)17-14(10-12)15(19)20/h3-6,9-10H,7-8H2,1-2H3,(H,19,20). The Morgan fingerprint density at radius 1 is 1.33 bits per heavy atom. The fourth-order valence-electron chi connectivity index (χ4n) is 1.87. The van der Waals surface area contributed by atoms with E-state index in [4.69, 9.17) is 4.74 Å². The highest BCUT2D eigenvalue weighted by Gasteiger charge is 2.12. The Hall–Kier alpha value is -2.47. The van der Waals surface area contributed by atoms with E-state index in [1.165, 1.54) is 0 Å². The lowest BCUT2D eigenvalue weighted by Gasteiger charge is -2.20. The third kappa shape index (κ3) is 3.76. The Labute approximate surface area is 123 Å². The van der Waals surface area contributed by atoms with Crippen LogP contribution >= 0.6 is 0 Å². The normalized spacial score (nSPS) is 10.4. The van der Waals surface area contributed by atoms with Crippen molar-refractivity contribution >= 4 is 11.7 Å². The lowest BCUT2D eigenvalue weighted by molar-refractivity contribution is 0.0690. The van der Waals surface area contributed by atoms with Crippen molar-refractivity contribution in [3.8, 4) is 11.3 Å². The van der Waals surface area contributed by atoms with Gasteiger partial charge in [0.1, 0.15) is 0 Å². The minimum absolute atomic E-state index is 0.0172. The second kappa shape index (κ2) is 6.81. The first kappa shape index (κ1) is 14.9. The topological polar surface area (TPSA) is 75.5 Å². The first-order valence-corrected chi connectivity index (χ1v) is 6.47. The fourth-order valence-corrected chi connectivity index (χ4v) is 1.87. The molecule has 2 aromatic heterocycles. The second-order valence-electron chi connectivity index (χ2n) is 4.55. The fraction of sp³-hybridized carbons (Fsp3) is 0.267. The zero-order valence-corrected chi connectivity index (χ0v) is 12.0. The summed E-state index contributed by atoms with van der Waals surface area (Å²) in [5.74, 6) is -1.05. The Morgan fingerprint density at radius 2 is 2.05 bits per heavy atom. The Balaban J connectivity index is 2.42. The quantitative estimate of drug-likeness (QED) is 0.875. The smallest absolute Gasteiger partial charge is 0.354 e. The van der Waals surface area contributed by atoms with Gasteiger partial charge in [-0.1, -0.05) is 0 Å². The van der Waals surface area contributed by atoms with Gasteiger partial charge in [0, 0.05) is 44.3 Å². The molecule has 0 saturated heterocycles. The number of carbonyl (C=O) groups is 1. The maximum absolute atomic E-state index is 11.3. The molecule has 0 aliphatic carbocycles. The van der Waals surface area contributed by atoms with Gasteiger partial charge < -0.3 is 14.7 Å². The van der Waals surface area contributed by atoms with Crippen molar-refractivity contribution < 1.29 is 14.6 Å². The molecule has 6 nitrogen and oxygen atoms in total. The van der Waals surface area contributed by atoms with E-state index in [0.29, 0.717) is 18.8 Å². The van der Waals surface area contributed by atoms with Crippen LogP contribution in [0.5, 0.6) is 0 Å². The van der Waals surface area contributed by atoms with Crippen LogP contribution < -0.4 is 4.90 Å². The Morgan fingerprint density at radius 3 is 2.67 bits per heavy atom. The second-order valence-corrected chi connectivity index (χ2v) is 4.55. The van der Waals surface area contributed by atoms with Crippen LogP contribution in [-0.2, 0) is 4.74 Å². The SMILES string of the molecule is COCCN(C)c1cc(C(=O)O)nc(-c2ccncc2)c1. The van der Waals surface area contributed by atoms with Crippen molar-refractivity contribution in [3.63, 3.8) is 0 Å². The van der Waals surface area contributed by atoms with E-state index in [1.54, 1.807) is 37.7 Å². The molecular formula is C15H17N3O3. The van der Waals surface area contributed by atoms with Crippen LogP contribution in [-0.4, -0.2) is 48.4 Å². The van der Waals surface area contributed by atoms with Crippen LogP contribution in [0.15, 0.2) is 36.7 Å². The molecule has 0 aromatic carbocycles. The van der Waals surface area contributed by atoms with Gasteiger partial charge in [0.25, 0.3) is 0 Å². The number of likely N-dealkylation sites (N-methyl/N-ethyl adjacent to an activating group) is 1. The minimum Gasteiger partial charge on any atom is -0.477 e. The largest absolute Gasteiger partial charge is 0.477 e. The number of hydrogen-bond donors (Lipinski definition) is 1. The highest BCUT2D eigenvalue weighted by atomic mass is 16.5. The summed E-state index contributed by atoms with van der Waals surface area (Å²) in [6, 6.07) is 7.01. The van der Waals surface area contributed by atoms with Crippen LogP contribution in [0.2, 0.25) is 0 Å². The van der Waals surface area contributed by atoms with Gasteiger partial charge in [0.15, 0.2) is 5.69 Å². The van der Waals surface area contributed by atoms with Gasteiger partial charge in [-0.15, -0.1) is 0 Å². The summed E-state index contributed by atoms with van der Waals surface area (Å²) in [6.07, 6.45) is 3.30. The third-order valence-corrected chi connectivity index (χ3v) is 3.08. The summed E-state index contributed by atoms with van der Waals surface area (Å²) in [7, 11) is 3.52. The number of aromatic nitrogens is 2. The maximum atomic E-state index is 11.3. The molecule has 0 spiro atoms. The highest BCUT2D eigenvalue weighted by molar-refractivity contribution is 5.88. The number of rotatable bonds is 6. The van der Waals surface area contributed by atoms with Gasteiger partial charge in [0.2, 0.25) is 0 Å². The van der Waals surface area contributed by atoms with E-state index < -0.39 is 5.97 Å². The van der Waals surface area contributed by atoms with E-state index >= 15 is 0 Å². The molecular weight excluding hydrogens is 270 g/mol. The van der Waals surface area contributed by atoms with Gasteiger partial charge in [0.05, 0.1) is 12.3 Å². The van der Waals surface area contributed by atoms with Crippen LogP contribution in [0, 0.1) is 0 Å². The minimum atomic E-state index is -1.05. The summed E-state index contributed by atoms with van der Waals surface area (Å²) in [5, 5.41) is 9.22. The van der Waals surface area contributed by atoms with Crippen molar-refractivity contribution in [2.24, 2.45) is 0 Å². The summed E-state index contributed by atoms with van der Waals surface area (Å²) in [5.41, 5.74) is 2.24. The summed E-state index contributed by atoms with van der Waals surface area (Å²) in [4.78, 5) is 21.3. The number of carboxylic acid groups (broad SMARTS) is 1. The lowest BCUT2D eigenvalue weighted by atomic mass is 10.1. The predicted octanol–water partition coefficient (Wildman–Crippen LogP) is 1.92. The summed E-state index contributed by atoms with van der Waals surface area (Å²) >= 11 is 0. The monoisotopic (exact) mass is 287 g/mol. The molecule has 2 heterocycles. The molecule has 0 unspecified atom stereocenters. The average Bonchev–Trinajstić information content (AvgIpc) is 2.53. The van der Waals surface area contributed by atoms with E-state index in [-0.39, 0.29) is 5.69 Å². The molecule has 0 atom stereocenters. The molecule has 6 heteroatoms. The van der Waals surface area contributed by atoms with E-state index in [2.05, 4.69) is 9.97 Å². The van der Waals surface area contributed by atoms with Crippen molar-refractivity contribution in [2.45, 2.75) is 0 Å². The molecule has 1 N–H and O–H groups in total. The molecule has 2 aromatic rings. The average molecular weight is 287 g/mol. The first-order chi connectivity index (χ1) is 10.1. The van der Waals surface area contributed by atoms with E-state index in [1.807, 2.05) is 18.0 Å². The molecule has 0 fully saturated rings. The zero-order chi connectivity index (χ0) is 15.2. The van der Waals surface area contributed by atoms with Gasteiger partial charge in [-0.3, -0.25) is 4.98 Å². The molecule has 0 aliphatic heterocycles. The van der Waals surface area contributed by atoms with Gasteiger partial charge >= 0.3 is 5.97 Å². The number of carboxylic acids is 1. The molecule has 0 radical (unpaired) electrons. The van der Waals surface area contributed by atoms with Gasteiger partial charge in [-0.05, 0) is 24.3 Å². The van der Waals surface area contributed by atoms with Crippen LogP contribution in [0.1, 0.15) is 10.5 Å². The zero-order valence-electron chi connectivity index (χ0n) is 12.0. The molecule has 0 saturated carbocycles. The Bertz CT molecular complexity index is 617. The van der Waals surface area contributed by atoms with Gasteiger partial charge in [-0.25, -0.2) is 9.78 Å². The van der Waals surface area contributed by atoms with Crippen molar-refractivity contribution in [2.75, 3.05) is 32.2 Å². The number of aromatic carboxylic acids is 1. The van der Waals surface area contributed by atoms with Crippen molar-refractivity contribution in [3.05, 3.63) is 42.4 Å². The number of pyridine rings is 2. The molecule has 2 rings (SSSR count). The van der Waals surface area contributed by atoms with Crippen LogP contribution in [0.3, 0.4) is 0 Å². The van der Waals surface area contributed by atoms with Gasteiger partial charge in [-0.2, -0.15) is 0 Å². The molecule has 21 heavy (non-hydrogen) atoms. The Kier molecular flexibility index (Phi) is 4.84. The number of ether oxygens (including phenoxy) is 1. The lowest BCUT2D eigenvalue weighted by Crippen LogP contribution is -2.22. The number of hydrogen-bond acceptors (Lipinski definition) is 5. The van der Waals surface area contributed by atoms with Crippen LogP contribution in [0.4, 0.5) is 5.69 Å².